The number of anilines is 1. The van der Waals surface area contributed by atoms with Gasteiger partial charge in [-0.1, -0.05) is 11.6 Å². The van der Waals surface area contributed by atoms with Crippen molar-refractivity contribution in [1.82, 2.24) is 0 Å². The first-order valence-electron chi connectivity index (χ1n) is 6.59. The largest absolute Gasteiger partial charge is 0.461 e. The molecule has 2 aromatic rings. The normalized spacial score (nSPS) is 14.5. The van der Waals surface area contributed by atoms with Crippen molar-refractivity contribution in [3.05, 3.63) is 28.0 Å². The van der Waals surface area contributed by atoms with E-state index in [1.54, 1.807) is 0 Å². The Hall–Kier alpha value is -1.48. The van der Waals surface area contributed by atoms with Gasteiger partial charge in [0.25, 0.3) is 0 Å². The van der Waals surface area contributed by atoms with Crippen LogP contribution < -0.4 is 5.32 Å². The number of benzene rings is 1. The van der Waals surface area contributed by atoms with Crippen LogP contribution in [-0.2, 0) is 17.6 Å². The number of aryl methyl sites for hydroxylation is 3. The zero-order chi connectivity index (χ0) is 13.6. The Balaban J connectivity index is 2.32. The fraction of sp³-hybridized carbons (Fsp3) is 0.400. The summed E-state index contributed by atoms with van der Waals surface area (Å²) in [4.78, 5) is 11.4. The van der Waals surface area contributed by atoms with E-state index in [-0.39, 0.29) is 5.91 Å². The van der Waals surface area contributed by atoms with E-state index in [1.807, 2.05) is 13.0 Å². The molecule has 1 aromatic heterocycles. The van der Waals surface area contributed by atoms with Crippen molar-refractivity contribution < 1.29 is 9.21 Å². The van der Waals surface area contributed by atoms with Crippen molar-refractivity contribution >= 4 is 34.2 Å². The molecule has 0 aliphatic heterocycles. The minimum Gasteiger partial charge on any atom is -0.461 e. The topological polar surface area (TPSA) is 42.2 Å². The number of furan rings is 1. The number of nitrogens with one attached hydrogen (secondary N) is 1. The van der Waals surface area contributed by atoms with Gasteiger partial charge in [-0.25, -0.2) is 0 Å². The van der Waals surface area contributed by atoms with E-state index >= 15 is 0 Å². The standard InChI is InChI=1S/C15H16ClNO2/c1-8-7-12-13(15(14(8)16)17-9(2)18)10-5-3-4-6-11(10)19-12/h7H,3-6H2,1-2H3,(H,17,18). The van der Waals surface area contributed by atoms with Crippen molar-refractivity contribution in [2.75, 3.05) is 5.32 Å². The second-order valence-corrected chi connectivity index (χ2v) is 5.53. The molecule has 19 heavy (non-hydrogen) atoms. The van der Waals surface area contributed by atoms with Crippen LogP contribution in [0.25, 0.3) is 11.0 Å². The van der Waals surface area contributed by atoms with Crippen molar-refractivity contribution in [3.63, 3.8) is 0 Å². The van der Waals surface area contributed by atoms with Gasteiger partial charge in [-0.2, -0.15) is 0 Å². The number of amides is 1. The zero-order valence-corrected chi connectivity index (χ0v) is 11.9. The van der Waals surface area contributed by atoms with Gasteiger partial charge in [0.2, 0.25) is 5.91 Å². The molecule has 1 heterocycles. The van der Waals surface area contributed by atoms with Crippen LogP contribution in [0.5, 0.6) is 0 Å². The molecule has 1 aliphatic carbocycles. The number of carbonyl (C=O) groups is 1. The van der Waals surface area contributed by atoms with Gasteiger partial charge in [0.15, 0.2) is 0 Å². The summed E-state index contributed by atoms with van der Waals surface area (Å²) in [7, 11) is 0. The van der Waals surface area contributed by atoms with Gasteiger partial charge in [0.05, 0.1) is 10.7 Å². The lowest BCUT2D eigenvalue weighted by atomic mass is 9.95. The molecule has 3 nitrogen and oxygen atoms in total. The summed E-state index contributed by atoms with van der Waals surface area (Å²) in [6.45, 7) is 3.42. The van der Waals surface area contributed by atoms with E-state index in [0.717, 1.165) is 48.0 Å². The quantitative estimate of drug-likeness (QED) is 0.847. The summed E-state index contributed by atoms with van der Waals surface area (Å²) in [5.74, 6) is 0.939. The molecule has 1 amide bonds. The Kier molecular flexibility index (Phi) is 3.02. The molecule has 0 saturated carbocycles. The summed E-state index contributed by atoms with van der Waals surface area (Å²) in [5.41, 5.74) is 3.67. The molecule has 3 rings (SSSR count). The monoisotopic (exact) mass is 277 g/mol. The Bertz CT molecular complexity index is 673. The van der Waals surface area contributed by atoms with Crippen LogP contribution in [-0.4, -0.2) is 5.91 Å². The molecule has 100 valence electrons. The van der Waals surface area contributed by atoms with Crippen molar-refractivity contribution in [2.24, 2.45) is 0 Å². The molecule has 1 aromatic carbocycles. The highest BCUT2D eigenvalue weighted by atomic mass is 35.5. The van der Waals surface area contributed by atoms with Crippen LogP contribution >= 0.6 is 11.6 Å². The lowest BCUT2D eigenvalue weighted by molar-refractivity contribution is -0.114. The predicted molar refractivity (Wildman–Crippen MR) is 76.9 cm³/mol. The fourth-order valence-corrected chi connectivity index (χ4v) is 3.02. The fourth-order valence-electron chi connectivity index (χ4n) is 2.82. The highest BCUT2D eigenvalue weighted by Gasteiger charge is 2.23. The van der Waals surface area contributed by atoms with E-state index in [0.29, 0.717) is 10.7 Å². The SMILES string of the molecule is CC(=O)Nc1c(Cl)c(C)cc2oc3c(c12)CCCC3. The molecule has 1 N–H and O–H groups in total. The molecule has 0 radical (unpaired) electrons. The molecule has 0 fully saturated rings. The average molecular weight is 278 g/mol. The van der Waals surface area contributed by atoms with Crippen molar-refractivity contribution in [1.29, 1.82) is 0 Å². The van der Waals surface area contributed by atoms with Crippen LogP contribution in [0.2, 0.25) is 5.02 Å². The number of halogens is 1. The Labute approximate surface area is 116 Å². The molecule has 1 aliphatic rings. The van der Waals surface area contributed by atoms with E-state index in [4.69, 9.17) is 16.0 Å². The minimum atomic E-state index is -0.112. The van der Waals surface area contributed by atoms with E-state index in [1.165, 1.54) is 12.5 Å². The highest BCUT2D eigenvalue weighted by Crippen LogP contribution is 2.41. The second-order valence-electron chi connectivity index (χ2n) is 5.15. The highest BCUT2D eigenvalue weighted by molar-refractivity contribution is 6.36. The number of hydrogen-bond acceptors (Lipinski definition) is 2. The first-order chi connectivity index (χ1) is 9.08. The van der Waals surface area contributed by atoms with Gasteiger partial charge in [-0.3, -0.25) is 4.79 Å². The zero-order valence-electron chi connectivity index (χ0n) is 11.1. The van der Waals surface area contributed by atoms with Gasteiger partial charge in [0, 0.05) is 24.3 Å². The van der Waals surface area contributed by atoms with Gasteiger partial charge >= 0.3 is 0 Å². The van der Waals surface area contributed by atoms with E-state index in [2.05, 4.69) is 5.32 Å². The van der Waals surface area contributed by atoms with Crippen LogP contribution in [0.4, 0.5) is 5.69 Å². The van der Waals surface area contributed by atoms with Crippen molar-refractivity contribution in [2.45, 2.75) is 39.5 Å². The van der Waals surface area contributed by atoms with E-state index in [9.17, 15) is 4.79 Å². The molecule has 4 heteroatoms. The van der Waals surface area contributed by atoms with Crippen molar-refractivity contribution in [3.8, 4) is 0 Å². The number of carbonyl (C=O) groups excluding carboxylic acids is 1. The third kappa shape index (κ3) is 2.02. The van der Waals surface area contributed by atoms with Crippen LogP contribution in [0.3, 0.4) is 0 Å². The van der Waals surface area contributed by atoms with Gasteiger partial charge < -0.3 is 9.73 Å². The molecule has 0 saturated heterocycles. The number of hydrogen-bond donors (Lipinski definition) is 1. The maximum Gasteiger partial charge on any atom is 0.221 e. The lowest BCUT2D eigenvalue weighted by Gasteiger charge is -2.12. The first kappa shape index (κ1) is 12.5. The summed E-state index contributed by atoms with van der Waals surface area (Å²) in [6, 6.07) is 1.96. The Morgan fingerprint density at radius 1 is 1.37 bits per heavy atom. The first-order valence-corrected chi connectivity index (χ1v) is 6.96. The second kappa shape index (κ2) is 4.57. The summed E-state index contributed by atoms with van der Waals surface area (Å²) < 4.78 is 5.94. The third-order valence-corrected chi connectivity index (χ3v) is 4.15. The summed E-state index contributed by atoms with van der Waals surface area (Å²) in [6.07, 6.45) is 4.29. The molecule has 0 spiro atoms. The molecule has 0 unspecified atom stereocenters. The van der Waals surface area contributed by atoms with Gasteiger partial charge in [-0.15, -0.1) is 0 Å². The minimum absolute atomic E-state index is 0.112. The Morgan fingerprint density at radius 3 is 2.84 bits per heavy atom. The lowest BCUT2D eigenvalue weighted by Crippen LogP contribution is -2.08. The third-order valence-electron chi connectivity index (χ3n) is 3.66. The van der Waals surface area contributed by atoms with Gasteiger partial charge in [-0.05, 0) is 37.8 Å². The van der Waals surface area contributed by atoms with Crippen LogP contribution in [0.15, 0.2) is 10.5 Å². The summed E-state index contributed by atoms with van der Waals surface area (Å²) >= 11 is 6.36. The predicted octanol–water partition coefficient (Wildman–Crippen LogP) is 4.23. The maximum absolute atomic E-state index is 11.4. The molecule has 0 atom stereocenters. The van der Waals surface area contributed by atoms with Gasteiger partial charge in [0.1, 0.15) is 11.3 Å². The summed E-state index contributed by atoms with van der Waals surface area (Å²) in [5, 5.41) is 4.46. The molecular formula is C15H16ClNO2. The Morgan fingerprint density at radius 2 is 2.11 bits per heavy atom. The van der Waals surface area contributed by atoms with E-state index < -0.39 is 0 Å². The molecule has 0 bridgehead atoms. The van der Waals surface area contributed by atoms with Crippen LogP contribution in [0, 0.1) is 6.92 Å². The maximum atomic E-state index is 11.4. The average Bonchev–Trinajstić information content (AvgIpc) is 2.72. The van der Waals surface area contributed by atoms with Crippen LogP contribution in [0.1, 0.15) is 36.7 Å². The molecular weight excluding hydrogens is 262 g/mol. The number of rotatable bonds is 1. The smallest absolute Gasteiger partial charge is 0.221 e. The number of fused-ring (bicyclic) bond motifs is 3.